The molecule has 0 fully saturated rings. The van der Waals surface area contributed by atoms with Crippen LogP contribution in [-0.2, 0) is 9.53 Å². The lowest BCUT2D eigenvalue weighted by Crippen LogP contribution is -2.27. The van der Waals surface area contributed by atoms with Crippen molar-refractivity contribution >= 4 is 29.2 Å². The van der Waals surface area contributed by atoms with Gasteiger partial charge in [-0.1, -0.05) is 37.0 Å². The van der Waals surface area contributed by atoms with E-state index in [0.717, 1.165) is 0 Å². The van der Waals surface area contributed by atoms with Gasteiger partial charge in [0.25, 0.3) is 4.52 Å². The highest BCUT2D eigenvalue weighted by Gasteiger charge is 2.31. The van der Waals surface area contributed by atoms with E-state index >= 15 is 0 Å². The molecule has 60 valence electrons. The van der Waals surface area contributed by atoms with E-state index in [4.69, 9.17) is 23.2 Å². The van der Waals surface area contributed by atoms with Gasteiger partial charge in [0, 0.05) is 12.8 Å². The Kier molecular flexibility index (Phi) is 3.46. The zero-order chi connectivity index (χ0) is 8.36. The molecule has 0 radical (unpaired) electrons. The Balaban J connectivity index is 3.99. The fraction of sp³-hybridized carbons (Fsp3) is 0.833. The molecule has 0 aromatic carbocycles. The van der Waals surface area contributed by atoms with Gasteiger partial charge in [0.1, 0.15) is 0 Å². The maximum Gasteiger partial charge on any atom is 0.305 e. The second-order valence-corrected chi connectivity index (χ2v) is 3.63. The first-order valence-corrected chi connectivity index (χ1v) is 3.69. The molecule has 4 heteroatoms. The highest BCUT2D eigenvalue weighted by atomic mass is 35.5. The van der Waals surface area contributed by atoms with Gasteiger partial charge in [-0.2, -0.15) is 0 Å². The lowest BCUT2D eigenvalue weighted by atomic mass is 10.2. The standard InChI is InChI=1S/C6H10Cl2O2/c1-4(2)6(7,8)10-5(3)9/h4H,1-3H3. The Hall–Kier alpha value is 0.0500. The van der Waals surface area contributed by atoms with Crippen LogP contribution in [0.4, 0.5) is 0 Å². The van der Waals surface area contributed by atoms with Crippen molar-refractivity contribution in [2.24, 2.45) is 5.92 Å². The number of hydrogen-bond acceptors (Lipinski definition) is 2. The van der Waals surface area contributed by atoms with Crippen molar-refractivity contribution in [3.05, 3.63) is 0 Å². The quantitative estimate of drug-likeness (QED) is 0.487. The third kappa shape index (κ3) is 3.28. The summed E-state index contributed by atoms with van der Waals surface area (Å²) in [5, 5.41) is 0. The molecule has 0 N–H and O–H groups in total. The first kappa shape index (κ1) is 10.0. The van der Waals surface area contributed by atoms with E-state index in [1.807, 2.05) is 0 Å². The van der Waals surface area contributed by atoms with Gasteiger partial charge in [-0.15, -0.1) is 0 Å². The molecule has 0 aromatic rings. The Morgan fingerprint density at radius 2 is 1.90 bits per heavy atom. The minimum atomic E-state index is -1.38. The van der Waals surface area contributed by atoms with Gasteiger partial charge < -0.3 is 4.74 Å². The molecule has 2 nitrogen and oxygen atoms in total. The van der Waals surface area contributed by atoms with Crippen LogP contribution in [0.1, 0.15) is 20.8 Å². The summed E-state index contributed by atoms with van der Waals surface area (Å²) in [6.07, 6.45) is 0. The number of hydrogen-bond donors (Lipinski definition) is 0. The number of carbonyl (C=O) groups excluding carboxylic acids is 1. The minimum Gasteiger partial charge on any atom is -0.429 e. The highest BCUT2D eigenvalue weighted by Crippen LogP contribution is 2.31. The van der Waals surface area contributed by atoms with Crippen molar-refractivity contribution in [1.29, 1.82) is 0 Å². The molecule has 0 heterocycles. The summed E-state index contributed by atoms with van der Waals surface area (Å²) in [5.74, 6) is -0.585. The molecule has 0 aliphatic carbocycles. The molecule has 0 aliphatic heterocycles. The maximum absolute atomic E-state index is 10.4. The first-order chi connectivity index (χ1) is 4.36. The third-order valence-corrected chi connectivity index (χ3v) is 1.98. The van der Waals surface area contributed by atoms with Gasteiger partial charge in [0.2, 0.25) is 0 Å². The van der Waals surface area contributed by atoms with E-state index < -0.39 is 10.5 Å². The summed E-state index contributed by atoms with van der Waals surface area (Å²) in [6.45, 7) is 4.80. The lowest BCUT2D eigenvalue weighted by Gasteiger charge is -2.22. The second kappa shape index (κ2) is 3.44. The van der Waals surface area contributed by atoms with Gasteiger partial charge in [0.15, 0.2) is 0 Å². The van der Waals surface area contributed by atoms with Crippen molar-refractivity contribution in [2.45, 2.75) is 25.3 Å². The number of halogens is 2. The van der Waals surface area contributed by atoms with Gasteiger partial charge in [0.05, 0.1) is 0 Å². The predicted octanol–water partition coefficient (Wildman–Crippen LogP) is 2.34. The average molecular weight is 185 g/mol. The normalized spacial score (nSPS) is 11.8. The van der Waals surface area contributed by atoms with E-state index in [1.54, 1.807) is 13.8 Å². The van der Waals surface area contributed by atoms with Crippen molar-refractivity contribution < 1.29 is 9.53 Å². The third-order valence-electron chi connectivity index (χ3n) is 0.952. The molecule has 0 unspecified atom stereocenters. The monoisotopic (exact) mass is 184 g/mol. The minimum absolute atomic E-state index is 0.111. The molecular weight excluding hydrogens is 175 g/mol. The maximum atomic E-state index is 10.4. The second-order valence-electron chi connectivity index (χ2n) is 2.31. The van der Waals surface area contributed by atoms with Crippen molar-refractivity contribution in [3.8, 4) is 0 Å². The molecule has 0 spiro atoms. The van der Waals surface area contributed by atoms with Crippen LogP contribution in [0.2, 0.25) is 0 Å². The van der Waals surface area contributed by atoms with Crippen LogP contribution in [0.3, 0.4) is 0 Å². The van der Waals surface area contributed by atoms with Crippen LogP contribution in [0.5, 0.6) is 0 Å². The van der Waals surface area contributed by atoms with E-state index in [1.165, 1.54) is 6.92 Å². The zero-order valence-electron chi connectivity index (χ0n) is 6.15. The molecule has 0 saturated heterocycles. The first-order valence-electron chi connectivity index (χ1n) is 2.93. The number of alkyl halides is 2. The summed E-state index contributed by atoms with van der Waals surface area (Å²) in [4.78, 5) is 10.4. The van der Waals surface area contributed by atoms with Crippen LogP contribution in [0.25, 0.3) is 0 Å². The summed E-state index contributed by atoms with van der Waals surface area (Å²) in [5.41, 5.74) is 0. The van der Waals surface area contributed by atoms with Crippen LogP contribution in [0.15, 0.2) is 0 Å². The van der Waals surface area contributed by atoms with E-state index in [0.29, 0.717) is 0 Å². The SMILES string of the molecule is CC(=O)OC(Cl)(Cl)C(C)C. The van der Waals surface area contributed by atoms with E-state index in [-0.39, 0.29) is 5.92 Å². The van der Waals surface area contributed by atoms with Crippen LogP contribution >= 0.6 is 23.2 Å². The van der Waals surface area contributed by atoms with Crippen molar-refractivity contribution in [2.75, 3.05) is 0 Å². The topological polar surface area (TPSA) is 26.3 Å². The lowest BCUT2D eigenvalue weighted by molar-refractivity contribution is -0.146. The Morgan fingerprint density at radius 1 is 1.50 bits per heavy atom. The molecule has 10 heavy (non-hydrogen) atoms. The molecular formula is C6H10Cl2O2. The summed E-state index contributed by atoms with van der Waals surface area (Å²) in [7, 11) is 0. The summed E-state index contributed by atoms with van der Waals surface area (Å²) >= 11 is 11.2. The zero-order valence-corrected chi connectivity index (χ0v) is 7.66. The number of rotatable bonds is 2. The molecule has 0 saturated carbocycles. The fourth-order valence-electron chi connectivity index (χ4n) is 0.309. The Labute approximate surface area is 70.4 Å². The predicted molar refractivity (Wildman–Crippen MR) is 41.0 cm³/mol. The Morgan fingerprint density at radius 3 is 2.00 bits per heavy atom. The van der Waals surface area contributed by atoms with Gasteiger partial charge in [-0.3, -0.25) is 4.79 Å². The van der Waals surface area contributed by atoms with Crippen LogP contribution in [-0.4, -0.2) is 10.5 Å². The summed E-state index contributed by atoms with van der Waals surface area (Å²) in [6, 6.07) is 0. The van der Waals surface area contributed by atoms with Crippen LogP contribution < -0.4 is 0 Å². The van der Waals surface area contributed by atoms with Crippen molar-refractivity contribution in [3.63, 3.8) is 0 Å². The number of esters is 1. The summed E-state index contributed by atoms with van der Waals surface area (Å²) < 4.78 is 3.21. The van der Waals surface area contributed by atoms with Gasteiger partial charge in [-0.25, -0.2) is 0 Å². The largest absolute Gasteiger partial charge is 0.429 e. The molecule has 0 atom stereocenters. The number of ether oxygens (including phenoxy) is 1. The van der Waals surface area contributed by atoms with E-state index in [9.17, 15) is 4.79 Å². The molecule has 0 bridgehead atoms. The van der Waals surface area contributed by atoms with Gasteiger partial charge in [-0.05, 0) is 0 Å². The van der Waals surface area contributed by atoms with Gasteiger partial charge >= 0.3 is 5.97 Å². The Bertz CT molecular complexity index is 132. The highest BCUT2D eigenvalue weighted by molar-refractivity contribution is 6.47. The van der Waals surface area contributed by atoms with Crippen molar-refractivity contribution in [1.82, 2.24) is 0 Å². The smallest absolute Gasteiger partial charge is 0.305 e. The van der Waals surface area contributed by atoms with E-state index in [2.05, 4.69) is 4.74 Å². The molecule has 0 rings (SSSR count). The number of carbonyl (C=O) groups is 1. The molecule has 0 amide bonds. The van der Waals surface area contributed by atoms with Crippen LogP contribution in [0, 0.1) is 5.92 Å². The average Bonchev–Trinajstić information content (AvgIpc) is 1.60. The molecule has 0 aromatic heterocycles. The fourth-order valence-corrected chi connectivity index (χ4v) is 0.527. The molecule has 0 aliphatic rings.